The second-order valence-corrected chi connectivity index (χ2v) is 7.92. The van der Waals surface area contributed by atoms with Crippen molar-refractivity contribution in [1.29, 1.82) is 0 Å². The number of hydrogen-bond donors (Lipinski definition) is 1. The third-order valence-corrected chi connectivity index (χ3v) is 5.37. The Hall–Kier alpha value is -3.31. The number of carbonyl (C=O) groups is 1. The molecule has 0 aliphatic carbocycles. The monoisotopic (exact) mass is 431 g/mol. The normalized spacial score (nSPS) is 13.2. The number of aryl methyl sites for hydroxylation is 1. The van der Waals surface area contributed by atoms with E-state index in [1.165, 1.54) is 5.56 Å². The van der Waals surface area contributed by atoms with E-state index in [9.17, 15) is 4.79 Å². The Kier molecular flexibility index (Phi) is 7.77. The molecule has 3 aromatic rings. The van der Waals surface area contributed by atoms with Crippen LogP contribution in [0.1, 0.15) is 34.3 Å². The van der Waals surface area contributed by atoms with E-state index in [-0.39, 0.29) is 12.0 Å². The van der Waals surface area contributed by atoms with Gasteiger partial charge in [0, 0.05) is 12.1 Å². The van der Waals surface area contributed by atoms with E-state index in [1.54, 1.807) is 12.1 Å². The zero-order valence-corrected chi connectivity index (χ0v) is 18.2. The highest BCUT2D eigenvalue weighted by Gasteiger charge is 2.19. The molecule has 32 heavy (non-hydrogen) atoms. The molecule has 1 aliphatic heterocycles. The van der Waals surface area contributed by atoms with Gasteiger partial charge in [0.05, 0.1) is 19.8 Å². The number of nitrogens with one attached hydrogen (secondary N) is 1. The van der Waals surface area contributed by atoms with Gasteiger partial charge in [-0.3, -0.25) is 4.79 Å². The van der Waals surface area contributed by atoms with Crippen molar-refractivity contribution >= 4 is 5.91 Å². The lowest BCUT2D eigenvalue weighted by Gasteiger charge is -2.26. The number of hydrogen-bond acceptors (Lipinski definition) is 4. The summed E-state index contributed by atoms with van der Waals surface area (Å²) in [4.78, 5) is 12.4. The van der Waals surface area contributed by atoms with Crippen molar-refractivity contribution < 1.29 is 19.0 Å². The SMILES string of the molecule is O=C(NCc1ccc(OC2COC2)cc1)c1ccc(OCCCCc2ccccc2)cc1. The summed E-state index contributed by atoms with van der Waals surface area (Å²) in [7, 11) is 0. The van der Waals surface area contributed by atoms with Crippen LogP contribution in [0.5, 0.6) is 11.5 Å². The Labute approximate surface area is 189 Å². The van der Waals surface area contributed by atoms with Crippen LogP contribution >= 0.6 is 0 Å². The van der Waals surface area contributed by atoms with Crippen molar-refractivity contribution in [3.05, 3.63) is 95.6 Å². The molecule has 166 valence electrons. The largest absolute Gasteiger partial charge is 0.494 e. The van der Waals surface area contributed by atoms with Gasteiger partial charge in [-0.15, -0.1) is 0 Å². The van der Waals surface area contributed by atoms with Crippen LogP contribution in [0.15, 0.2) is 78.9 Å². The smallest absolute Gasteiger partial charge is 0.251 e. The molecule has 1 N–H and O–H groups in total. The van der Waals surface area contributed by atoms with Gasteiger partial charge in [0.15, 0.2) is 0 Å². The van der Waals surface area contributed by atoms with E-state index in [2.05, 4.69) is 29.6 Å². The zero-order chi connectivity index (χ0) is 22.0. The van der Waals surface area contributed by atoms with Crippen LogP contribution < -0.4 is 14.8 Å². The molecule has 1 aliphatic rings. The van der Waals surface area contributed by atoms with Crippen molar-refractivity contribution in [1.82, 2.24) is 5.32 Å². The van der Waals surface area contributed by atoms with Crippen molar-refractivity contribution in [2.24, 2.45) is 0 Å². The third kappa shape index (κ3) is 6.59. The van der Waals surface area contributed by atoms with E-state index >= 15 is 0 Å². The quantitative estimate of drug-likeness (QED) is 0.443. The van der Waals surface area contributed by atoms with E-state index in [0.29, 0.717) is 31.9 Å². The number of benzene rings is 3. The van der Waals surface area contributed by atoms with Crippen molar-refractivity contribution in [2.45, 2.75) is 31.9 Å². The first kappa shape index (κ1) is 21.9. The highest BCUT2D eigenvalue weighted by molar-refractivity contribution is 5.94. The van der Waals surface area contributed by atoms with Gasteiger partial charge in [0.2, 0.25) is 0 Å². The fraction of sp³-hybridized carbons (Fsp3) is 0.296. The second-order valence-electron chi connectivity index (χ2n) is 7.92. The number of carbonyl (C=O) groups excluding carboxylic acids is 1. The molecule has 0 unspecified atom stereocenters. The Morgan fingerprint density at radius 1 is 0.844 bits per heavy atom. The lowest BCUT2D eigenvalue weighted by Crippen LogP contribution is -2.38. The Morgan fingerprint density at radius 3 is 2.25 bits per heavy atom. The summed E-state index contributed by atoms with van der Waals surface area (Å²) in [5.74, 6) is 1.50. The van der Waals surface area contributed by atoms with E-state index in [1.807, 2.05) is 42.5 Å². The van der Waals surface area contributed by atoms with Crippen LogP contribution in [-0.2, 0) is 17.7 Å². The summed E-state index contributed by atoms with van der Waals surface area (Å²) in [6.45, 7) is 2.43. The second kappa shape index (κ2) is 11.3. The van der Waals surface area contributed by atoms with Crippen LogP contribution in [0.4, 0.5) is 0 Å². The maximum absolute atomic E-state index is 12.4. The number of amides is 1. The van der Waals surface area contributed by atoms with Gasteiger partial charge in [0.1, 0.15) is 17.6 Å². The van der Waals surface area contributed by atoms with Gasteiger partial charge in [-0.1, -0.05) is 42.5 Å². The summed E-state index contributed by atoms with van der Waals surface area (Å²) < 4.78 is 16.7. The summed E-state index contributed by atoms with van der Waals surface area (Å²) >= 11 is 0. The summed E-state index contributed by atoms with van der Waals surface area (Å²) in [6, 6.07) is 25.5. The number of rotatable bonds is 11. The molecule has 5 heteroatoms. The van der Waals surface area contributed by atoms with Gasteiger partial charge in [-0.25, -0.2) is 0 Å². The van der Waals surface area contributed by atoms with Crippen LogP contribution in [0.25, 0.3) is 0 Å². The molecule has 3 aromatic carbocycles. The molecule has 0 atom stereocenters. The standard InChI is InChI=1S/C27H29NO4/c29-27(28-18-22-9-13-25(14-10-22)32-26-19-30-20-26)23-11-15-24(16-12-23)31-17-5-4-8-21-6-2-1-3-7-21/h1-3,6-7,9-16,26H,4-5,8,17-20H2,(H,28,29). The highest BCUT2D eigenvalue weighted by Crippen LogP contribution is 2.17. The lowest BCUT2D eigenvalue weighted by molar-refractivity contribution is -0.0796. The molecule has 1 fully saturated rings. The fourth-order valence-corrected chi connectivity index (χ4v) is 3.41. The van der Waals surface area contributed by atoms with Crippen LogP contribution in [0.3, 0.4) is 0 Å². The van der Waals surface area contributed by atoms with Crippen LogP contribution in [0, 0.1) is 0 Å². The fourth-order valence-electron chi connectivity index (χ4n) is 3.41. The summed E-state index contributed by atoms with van der Waals surface area (Å²) in [6.07, 6.45) is 3.30. The first-order chi connectivity index (χ1) is 15.8. The van der Waals surface area contributed by atoms with Crippen LogP contribution in [0.2, 0.25) is 0 Å². The average Bonchev–Trinajstić information content (AvgIpc) is 2.81. The first-order valence-electron chi connectivity index (χ1n) is 11.1. The average molecular weight is 432 g/mol. The minimum Gasteiger partial charge on any atom is -0.494 e. The Morgan fingerprint density at radius 2 is 1.56 bits per heavy atom. The first-order valence-corrected chi connectivity index (χ1v) is 11.1. The van der Waals surface area contributed by atoms with Gasteiger partial charge in [0.25, 0.3) is 5.91 Å². The van der Waals surface area contributed by atoms with Crippen LogP contribution in [-0.4, -0.2) is 31.8 Å². The number of ether oxygens (including phenoxy) is 3. The summed E-state index contributed by atoms with van der Waals surface area (Å²) in [5.41, 5.74) is 2.99. The molecule has 0 radical (unpaired) electrons. The molecule has 1 amide bonds. The maximum Gasteiger partial charge on any atom is 0.251 e. The van der Waals surface area contributed by atoms with Crippen molar-refractivity contribution in [3.63, 3.8) is 0 Å². The maximum atomic E-state index is 12.4. The predicted molar refractivity (Wildman–Crippen MR) is 124 cm³/mol. The molecule has 0 bridgehead atoms. The third-order valence-electron chi connectivity index (χ3n) is 5.37. The predicted octanol–water partition coefficient (Wildman–Crippen LogP) is 4.80. The molecule has 1 heterocycles. The van der Waals surface area contributed by atoms with Gasteiger partial charge < -0.3 is 19.5 Å². The van der Waals surface area contributed by atoms with E-state index < -0.39 is 0 Å². The Bertz CT molecular complexity index is 967. The minimum atomic E-state index is -0.105. The molecule has 1 saturated heterocycles. The minimum absolute atomic E-state index is 0.105. The van der Waals surface area contributed by atoms with E-state index in [4.69, 9.17) is 14.2 Å². The topological polar surface area (TPSA) is 56.8 Å². The van der Waals surface area contributed by atoms with Gasteiger partial charge in [-0.2, -0.15) is 0 Å². The lowest BCUT2D eigenvalue weighted by atomic mass is 10.1. The zero-order valence-electron chi connectivity index (χ0n) is 18.2. The molecule has 5 nitrogen and oxygen atoms in total. The summed E-state index contributed by atoms with van der Waals surface area (Å²) in [5, 5.41) is 2.95. The Balaban J connectivity index is 1.15. The molecular weight excluding hydrogens is 402 g/mol. The molecule has 4 rings (SSSR count). The molecule has 0 spiro atoms. The molecule has 0 aromatic heterocycles. The van der Waals surface area contributed by atoms with Gasteiger partial charge in [-0.05, 0) is 66.8 Å². The van der Waals surface area contributed by atoms with E-state index in [0.717, 1.165) is 36.3 Å². The van der Waals surface area contributed by atoms with Crippen molar-refractivity contribution in [3.8, 4) is 11.5 Å². The van der Waals surface area contributed by atoms with Gasteiger partial charge >= 0.3 is 0 Å². The molecule has 0 saturated carbocycles. The number of unbranched alkanes of at least 4 members (excludes halogenated alkanes) is 1. The highest BCUT2D eigenvalue weighted by atomic mass is 16.6. The van der Waals surface area contributed by atoms with Crippen molar-refractivity contribution in [2.75, 3.05) is 19.8 Å². The molecular formula is C27H29NO4.